The summed E-state index contributed by atoms with van der Waals surface area (Å²) in [6.07, 6.45) is 1.91. The van der Waals surface area contributed by atoms with Crippen LogP contribution in [0.5, 0.6) is 0 Å². The first-order valence-corrected chi connectivity index (χ1v) is 5.84. The van der Waals surface area contributed by atoms with E-state index in [1.165, 1.54) is 0 Å². The van der Waals surface area contributed by atoms with E-state index in [1.54, 1.807) is 6.92 Å². The smallest absolute Gasteiger partial charge is 0.217 e. The highest BCUT2D eigenvalue weighted by Crippen LogP contribution is 2.20. The Bertz CT molecular complexity index is 293. The Labute approximate surface area is 97.6 Å². The van der Waals surface area contributed by atoms with Crippen molar-refractivity contribution in [2.45, 2.75) is 39.7 Å². The number of carbonyl (C=O) groups is 1. The van der Waals surface area contributed by atoms with E-state index >= 15 is 0 Å². The summed E-state index contributed by atoms with van der Waals surface area (Å²) in [5.74, 6) is 0.0456. The van der Waals surface area contributed by atoms with Crippen molar-refractivity contribution in [3.8, 4) is 6.07 Å². The molecule has 4 nitrogen and oxygen atoms in total. The quantitative estimate of drug-likeness (QED) is 0.777. The monoisotopic (exact) mass is 223 g/mol. The zero-order chi connectivity index (χ0) is 12.2. The topological polar surface area (TPSA) is 56.1 Å². The summed E-state index contributed by atoms with van der Waals surface area (Å²) in [6, 6.07) is 2.61. The Morgan fingerprint density at radius 1 is 1.62 bits per heavy atom. The normalized spacial score (nSPS) is 21.8. The standard InChI is InChI=1S/C12H21N3O/c1-10(16)14-11-4-6-15(8-11)7-5-12(2,3)9-13/h11H,4-8H2,1-3H3,(H,14,16). The lowest BCUT2D eigenvalue weighted by molar-refractivity contribution is -0.119. The lowest BCUT2D eigenvalue weighted by Crippen LogP contribution is -2.36. The number of carbonyl (C=O) groups excluding carboxylic acids is 1. The molecule has 0 radical (unpaired) electrons. The summed E-state index contributed by atoms with van der Waals surface area (Å²) in [5, 5.41) is 11.9. The van der Waals surface area contributed by atoms with Crippen molar-refractivity contribution < 1.29 is 4.79 Å². The fraction of sp³-hybridized carbons (Fsp3) is 0.833. The van der Waals surface area contributed by atoms with Gasteiger partial charge in [-0.15, -0.1) is 0 Å². The summed E-state index contributed by atoms with van der Waals surface area (Å²) < 4.78 is 0. The van der Waals surface area contributed by atoms with Crippen molar-refractivity contribution in [1.82, 2.24) is 10.2 Å². The van der Waals surface area contributed by atoms with E-state index in [0.717, 1.165) is 32.5 Å². The maximum Gasteiger partial charge on any atom is 0.217 e. The van der Waals surface area contributed by atoms with Crippen molar-refractivity contribution in [2.75, 3.05) is 19.6 Å². The molecular formula is C12H21N3O. The molecule has 1 unspecified atom stereocenters. The second kappa shape index (κ2) is 5.31. The van der Waals surface area contributed by atoms with E-state index in [4.69, 9.17) is 5.26 Å². The highest BCUT2D eigenvalue weighted by molar-refractivity contribution is 5.73. The van der Waals surface area contributed by atoms with E-state index in [2.05, 4.69) is 16.3 Å². The molecule has 1 amide bonds. The van der Waals surface area contributed by atoms with E-state index < -0.39 is 0 Å². The average molecular weight is 223 g/mol. The molecule has 1 heterocycles. The average Bonchev–Trinajstić information content (AvgIpc) is 2.62. The first-order chi connectivity index (χ1) is 7.43. The molecule has 0 aromatic rings. The third kappa shape index (κ3) is 4.19. The summed E-state index contributed by atoms with van der Waals surface area (Å²) in [4.78, 5) is 13.2. The molecule has 0 bridgehead atoms. The van der Waals surface area contributed by atoms with Gasteiger partial charge >= 0.3 is 0 Å². The minimum absolute atomic E-state index is 0.0456. The maximum absolute atomic E-state index is 10.9. The number of amides is 1. The molecule has 1 aliphatic rings. The number of rotatable bonds is 4. The Balaban J connectivity index is 2.27. The molecule has 0 spiro atoms. The van der Waals surface area contributed by atoms with Gasteiger partial charge in [0.15, 0.2) is 0 Å². The van der Waals surface area contributed by atoms with Gasteiger partial charge in [-0.25, -0.2) is 0 Å². The van der Waals surface area contributed by atoms with Crippen LogP contribution in [0.3, 0.4) is 0 Å². The molecular weight excluding hydrogens is 202 g/mol. The van der Waals surface area contributed by atoms with Crippen LogP contribution in [0.25, 0.3) is 0 Å². The number of hydrogen-bond acceptors (Lipinski definition) is 3. The lowest BCUT2D eigenvalue weighted by Gasteiger charge is -2.21. The number of nitrogens with one attached hydrogen (secondary N) is 1. The van der Waals surface area contributed by atoms with E-state index in [1.807, 2.05) is 13.8 Å². The molecule has 1 atom stereocenters. The Kier molecular flexibility index (Phi) is 4.31. The van der Waals surface area contributed by atoms with Gasteiger partial charge in [0, 0.05) is 26.1 Å². The van der Waals surface area contributed by atoms with Gasteiger partial charge in [0.05, 0.1) is 11.5 Å². The van der Waals surface area contributed by atoms with E-state index in [-0.39, 0.29) is 11.3 Å². The molecule has 0 aromatic heterocycles. The van der Waals surface area contributed by atoms with Crippen LogP contribution in [0.15, 0.2) is 0 Å². The van der Waals surface area contributed by atoms with E-state index in [0.29, 0.717) is 6.04 Å². The van der Waals surface area contributed by atoms with Crippen LogP contribution >= 0.6 is 0 Å². The van der Waals surface area contributed by atoms with Gasteiger partial charge in [-0.05, 0) is 33.2 Å². The van der Waals surface area contributed by atoms with Crippen molar-refractivity contribution in [1.29, 1.82) is 5.26 Å². The predicted molar refractivity (Wildman–Crippen MR) is 62.7 cm³/mol. The second-order valence-corrected chi connectivity index (χ2v) is 5.23. The number of nitriles is 1. The van der Waals surface area contributed by atoms with Crippen molar-refractivity contribution in [3.63, 3.8) is 0 Å². The van der Waals surface area contributed by atoms with E-state index in [9.17, 15) is 4.79 Å². The minimum Gasteiger partial charge on any atom is -0.352 e. The Morgan fingerprint density at radius 3 is 2.88 bits per heavy atom. The molecule has 1 fully saturated rings. The zero-order valence-corrected chi connectivity index (χ0v) is 10.4. The molecule has 0 saturated carbocycles. The van der Waals surface area contributed by atoms with Crippen LogP contribution in [-0.4, -0.2) is 36.5 Å². The van der Waals surface area contributed by atoms with Crippen LogP contribution < -0.4 is 5.32 Å². The van der Waals surface area contributed by atoms with Crippen LogP contribution in [0.4, 0.5) is 0 Å². The fourth-order valence-electron chi connectivity index (χ4n) is 1.93. The van der Waals surface area contributed by atoms with Gasteiger partial charge in [0.25, 0.3) is 0 Å². The molecule has 16 heavy (non-hydrogen) atoms. The summed E-state index contributed by atoms with van der Waals surface area (Å²) in [7, 11) is 0. The first kappa shape index (κ1) is 13.0. The molecule has 4 heteroatoms. The van der Waals surface area contributed by atoms with Crippen molar-refractivity contribution in [3.05, 3.63) is 0 Å². The SMILES string of the molecule is CC(=O)NC1CCN(CCC(C)(C)C#N)C1. The fourth-order valence-corrected chi connectivity index (χ4v) is 1.93. The van der Waals surface area contributed by atoms with Gasteiger partial charge in [-0.2, -0.15) is 5.26 Å². The summed E-state index contributed by atoms with van der Waals surface area (Å²) in [6.45, 7) is 8.37. The third-order valence-electron chi connectivity index (χ3n) is 3.04. The zero-order valence-electron chi connectivity index (χ0n) is 10.4. The molecule has 0 aliphatic carbocycles. The Morgan fingerprint density at radius 2 is 2.31 bits per heavy atom. The lowest BCUT2D eigenvalue weighted by atomic mass is 9.91. The van der Waals surface area contributed by atoms with Gasteiger partial charge in [-0.3, -0.25) is 4.79 Å². The molecule has 1 aliphatic heterocycles. The third-order valence-corrected chi connectivity index (χ3v) is 3.04. The Hall–Kier alpha value is -1.08. The van der Waals surface area contributed by atoms with Crippen LogP contribution in [0.2, 0.25) is 0 Å². The number of nitrogens with zero attached hydrogens (tertiary/aromatic N) is 2. The molecule has 90 valence electrons. The van der Waals surface area contributed by atoms with Gasteiger partial charge in [0.1, 0.15) is 0 Å². The second-order valence-electron chi connectivity index (χ2n) is 5.23. The highest BCUT2D eigenvalue weighted by Gasteiger charge is 2.25. The first-order valence-electron chi connectivity index (χ1n) is 5.84. The van der Waals surface area contributed by atoms with Crippen LogP contribution in [0.1, 0.15) is 33.6 Å². The van der Waals surface area contributed by atoms with Crippen LogP contribution in [0, 0.1) is 16.7 Å². The molecule has 1 rings (SSSR count). The minimum atomic E-state index is -0.244. The van der Waals surface area contributed by atoms with Gasteiger partial charge in [0.2, 0.25) is 5.91 Å². The van der Waals surface area contributed by atoms with Crippen molar-refractivity contribution >= 4 is 5.91 Å². The van der Waals surface area contributed by atoms with Gasteiger partial charge in [-0.1, -0.05) is 0 Å². The molecule has 1 N–H and O–H groups in total. The molecule has 1 saturated heterocycles. The summed E-state index contributed by atoms with van der Waals surface area (Å²) >= 11 is 0. The summed E-state index contributed by atoms with van der Waals surface area (Å²) in [5.41, 5.74) is -0.244. The maximum atomic E-state index is 10.9. The largest absolute Gasteiger partial charge is 0.352 e. The van der Waals surface area contributed by atoms with Crippen molar-refractivity contribution in [2.24, 2.45) is 5.41 Å². The highest BCUT2D eigenvalue weighted by atomic mass is 16.1. The molecule has 0 aromatic carbocycles. The number of likely N-dealkylation sites (tertiary alicyclic amines) is 1. The number of hydrogen-bond donors (Lipinski definition) is 1. The predicted octanol–water partition coefficient (Wildman–Crippen LogP) is 1.14. The van der Waals surface area contributed by atoms with Crippen LogP contribution in [-0.2, 0) is 4.79 Å². The van der Waals surface area contributed by atoms with Gasteiger partial charge < -0.3 is 10.2 Å².